The van der Waals surface area contributed by atoms with Crippen LogP contribution in [0.4, 0.5) is 4.79 Å². The largest absolute Gasteiger partial charge is 0.480 e. The molecular weight excluding hydrogens is 432 g/mol. The lowest BCUT2D eigenvalue weighted by atomic mass is 9.83. The van der Waals surface area contributed by atoms with E-state index < -0.39 is 34.8 Å². The topological polar surface area (TPSA) is 105 Å². The number of hydrogen-bond donors (Lipinski definition) is 3. The molecule has 2 atom stereocenters. The number of fused-ring (bicyclic) bond motifs is 3. The van der Waals surface area contributed by atoms with Gasteiger partial charge in [-0.15, -0.1) is 0 Å². The Morgan fingerprint density at radius 3 is 1.97 bits per heavy atom. The number of benzene rings is 2. The molecule has 2 aromatic rings. The van der Waals surface area contributed by atoms with Crippen LogP contribution in [0.3, 0.4) is 0 Å². The minimum absolute atomic E-state index is 0.0302. The predicted molar refractivity (Wildman–Crippen MR) is 130 cm³/mol. The van der Waals surface area contributed by atoms with Crippen molar-refractivity contribution in [1.29, 1.82) is 0 Å². The second kappa shape index (κ2) is 9.87. The molecule has 3 N–H and O–H groups in total. The number of aliphatic carboxylic acids is 1. The zero-order valence-electron chi connectivity index (χ0n) is 20.5. The Kier molecular flexibility index (Phi) is 7.34. The van der Waals surface area contributed by atoms with Gasteiger partial charge in [0.15, 0.2) is 0 Å². The van der Waals surface area contributed by atoms with Gasteiger partial charge in [-0.1, -0.05) is 76.2 Å². The van der Waals surface area contributed by atoms with Crippen LogP contribution in [0.25, 0.3) is 11.1 Å². The number of rotatable bonds is 8. The fourth-order valence-corrected chi connectivity index (χ4v) is 4.24. The molecule has 2 aromatic carbocycles. The molecule has 2 amide bonds. The summed E-state index contributed by atoms with van der Waals surface area (Å²) in [6, 6.07) is 15.1. The summed E-state index contributed by atoms with van der Waals surface area (Å²) in [6.07, 6.45) is -0.196. The number of carbonyl (C=O) groups excluding carboxylic acids is 2. The molecule has 1 aliphatic carbocycles. The van der Waals surface area contributed by atoms with E-state index in [1.807, 2.05) is 43.3 Å². The molecule has 182 valence electrons. The average molecular weight is 467 g/mol. The van der Waals surface area contributed by atoms with Crippen molar-refractivity contribution in [1.82, 2.24) is 10.6 Å². The van der Waals surface area contributed by atoms with E-state index >= 15 is 0 Å². The van der Waals surface area contributed by atoms with Crippen LogP contribution in [0.1, 0.15) is 58.1 Å². The Hall–Kier alpha value is -3.35. The number of ether oxygens (including phenoxy) is 1. The van der Waals surface area contributed by atoms with E-state index in [0.717, 1.165) is 22.3 Å². The molecule has 1 aliphatic rings. The lowest BCUT2D eigenvalue weighted by molar-refractivity contribution is -0.146. The van der Waals surface area contributed by atoms with Gasteiger partial charge in [0.1, 0.15) is 12.6 Å². The number of amides is 2. The first-order valence-electron chi connectivity index (χ1n) is 11.6. The van der Waals surface area contributed by atoms with Crippen molar-refractivity contribution in [2.45, 2.75) is 53.0 Å². The van der Waals surface area contributed by atoms with E-state index in [9.17, 15) is 19.5 Å². The van der Waals surface area contributed by atoms with Gasteiger partial charge < -0.3 is 20.5 Å². The number of carbonyl (C=O) groups is 3. The van der Waals surface area contributed by atoms with Crippen molar-refractivity contribution >= 4 is 18.0 Å². The third-order valence-corrected chi connectivity index (χ3v) is 6.68. The molecular formula is C27H34N2O5. The summed E-state index contributed by atoms with van der Waals surface area (Å²) in [5.41, 5.74) is 2.90. The summed E-state index contributed by atoms with van der Waals surface area (Å²) < 4.78 is 5.56. The van der Waals surface area contributed by atoms with Gasteiger partial charge in [-0.05, 0) is 41.0 Å². The predicted octanol–water partition coefficient (Wildman–Crippen LogP) is 4.56. The van der Waals surface area contributed by atoms with Crippen molar-refractivity contribution in [2.75, 3.05) is 13.2 Å². The molecule has 0 fully saturated rings. The maximum Gasteiger partial charge on any atom is 0.407 e. The van der Waals surface area contributed by atoms with Gasteiger partial charge in [0.25, 0.3) is 0 Å². The monoisotopic (exact) mass is 466 g/mol. The van der Waals surface area contributed by atoms with Crippen LogP contribution >= 0.6 is 0 Å². The summed E-state index contributed by atoms with van der Waals surface area (Å²) >= 11 is 0. The minimum Gasteiger partial charge on any atom is -0.480 e. The van der Waals surface area contributed by atoms with Gasteiger partial charge in [0, 0.05) is 12.5 Å². The summed E-state index contributed by atoms with van der Waals surface area (Å²) in [7, 11) is 0. The van der Waals surface area contributed by atoms with Crippen LogP contribution in [-0.2, 0) is 14.3 Å². The number of carboxylic acid groups (broad SMARTS) is 1. The molecule has 0 saturated carbocycles. The van der Waals surface area contributed by atoms with E-state index in [-0.39, 0.29) is 19.1 Å². The smallest absolute Gasteiger partial charge is 0.407 e. The second-order valence-electron chi connectivity index (χ2n) is 10.2. The summed E-state index contributed by atoms with van der Waals surface area (Å²) in [5.74, 6) is -1.57. The molecule has 0 bridgehead atoms. The highest BCUT2D eigenvalue weighted by molar-refractivity contribution is 5.88. The standard InChI is InChI=1S/C27H34N2O5/c1-6-27(5,24(32)29-22(23(30)31)26(2,3)4)16-28-25(33)34-15-21-19-13-9-7-11-17(19)18-12-8-10-14-20(18)21/h7-14,21-22H,6,15-16H2,1-5H3,(H,28,33)(H,29,32)(H,30,31)/t22-,27?/m0/s1. The zero-order chi connectivity index (χ0) is 25.1. The van der Waals surface area contributed by atoms with Gasteiger partial charge in [0.05, 0.1) is 5.41 Å². The third-order valence-electron chi connectivity index (χ3n) is 6.68. The maximum atomic E-state index is 12.9. The van der Waals surface area contributed by atoms with E-state index in [1.54, 1.807) is 27.7 Å². The Bertz CT molecular complexity index is 1030. The Balaban J connectivity index is 1.62. The molecule has 0 aromatic heterocycles. The van der Waals surface area contributed by atoms with Crippen LogP contribution in [0.2, 0.25) is 0 Å². The molecule has 0 heterocycles. The molecule has 34 heavy (non-hydrogen) atoms. The number of carboxylic acids is 1. The highest BCUT2D eigenvalue weighted by Crippen LogP contribution is 2.44. The fraction of sp³-hybridized carbons (Fsp3) is 0.444. The van der Waals surface area contributed by atoms with Gasteiger partial charge in [-0.2, -0.15) is 0 Å². The first-order chi connectivity index (χ1) is 16.0. The Morgan fingerprint density at radius 1 is 0.971 bits per heavy atom. The molecule has 7 nitrogen and oxygen atoms in total. The number of nitrogens with one attached hydrogen (secondary N) is 2. The quantitative estimate of drug-likeness (QED) is 0.529. The average Bonchev–Trinajstić information content (AvgIpc) is 3.12. The summed E-state index contributed by atoms with van der Waals surface area (Å²) in [5, 5.41) is 14.9. The van der Waals surface area contributed by atoms with Crippen molar-refractivity contribution < 1.29 is 24.2 Å². The minimum atomic E-state index is -1.09. The first kappa shape index (κ1) is 25.3. The number of alkyl carbamates (subject to hydrolysis) is 1. The summed E-state index contributed by atoms with van der Waals surface area (Å²) in [4.78, 5) is 37.1. The van der Waals surface area contributed by atoms with Crippen LogP contribution in [-0.4, -0.2) is 42.3 Å². The van der Waals surface area contributed by atoms with Crippen LogP contribution < -0.4 is 10.6 Å². The first-order valence-corrected chi connectivity index (χ1v) is 11.6. The third kappa shape index (κ3) is 5.24. The molecule has 0 aliphatic heterocycles. The molecule has 3 rings (SSSR count). The fourth-order valence-electron chi connectivity index (χ4n) is 4.24. The highest BCUT2D eigenvalue weighted by Gasteiger charge is 2.39. The zero-order valence-corrected chi connectivity index (χ0v) is 20.5. The van der Waals surface area contributed by atoms with Crippen LogP contribution in [0.5, 0.6) is 0 Å². The number of hydrogen-bond acceptors (Lipinski definition) is 4. The van der Waals surface area contributed by atoms with Crippen LogP contribution in [0.15, 0.2) is 48.5 Å². The van der Waals surface area contributed by atoms with Gasteiger partial charge >= 0.3 is 12.1 Å². The lowest BCUT2D eigenvalue weighted by Gasteiger charge is -2.33. The second-order valence-corrected chi connectivity index (χ2v) is 10.2. The van der Waals surface area contributed by atoms with E-state index in [4.69, 9.17) is 4.74 Å². The molecule has 0 radical (unpaired) electrons. The Labute approximate surface area is 200 Å². The molecule has 0 spiro atoms. The normalized spacial score (nSPS) is 15.4. The molecule has 1 unspecified atom stereocenters. The van der Waals surface area contributed by atoms with Gasteiger partial charge in [-0.3, -0.25) is 4.79 Å². The summed E-state index contributed by atoms with van der Waals surface area (Å²) in [6.45, 7) is 9.00. The maximum absolute atomic E-state index is 12.9. The van der Waals surface area contributed by atoms with Crippen molar-refractivity contribution in [3.05, 3.63) is 59.7 Å². The SMILES string of the molecule is CCC(C)(CNC(=O)OCC1c2ccccc2-c2ccccc21)C(=O)N[C@@H](C(=O)O)C(C)(C)C. The molecule has 7 heteroatoms. The van der Waals surface area contributed by atoms with E-state index in [0.29, 0.717) is 6.42 Å². The van der Waals surface area contributed by atoms with Crippen molar-refractivity contribution in [3.8, 4) is 11.1 Å². The van der Waals surface area contributed by atoms with Crippen LogP contribution in [0, 0.1) is 10.8 Å². The van der Waals surface area contributed by atoms with Crippen molar-refractivity contribution in [3.63, 3.8) is 0 Å². The Morgan fingerprint density at radius 2 is 1.50 bits per heavy atom. The molecule has 0 saturated heterocycles. The van der Waals surface area contributed by atoms with E-state index in [1.165, 1.54) is 0 Å². The van der Waals surface area contributed by atoms with Gasteiger partial charge in [-0.25, -0.2) is 9.59 Å². The highest BCUT2D eigenvalue weighted by atomic mass is 16.5. The van der Waals surface area contributed by atoms with Crippen molar-refractivity contribution in [2.24, 2.45) is 10.8 Å². The van der Waals surface area contributed by atoms with E-state index in [2.05, 4.69) is 22.8 Å². The lowest BCUT2D eigenvalue weighted by Crippen LogP contribution is -2.55. The van der Waals surface area contributed by atoms with Gasteiger partial charge in [0.2, 0.25) is 5.91 Å².